The number of sulfonamides is 1. The lowest BCUT2D eigenvalue weighted by atomic mass is 10.5. The lowest BCUT2D eigenvalue weighted by molar-refractivity contribution is -0.119. The Balaban J connectivity index is 0.00000441. The van der Waals surface area contributed by atoms with Crippen molar-refractivity contribution in [3.05, 3.63) is 12.5 Å². The van der Waals surface area contributed by atoms with Crippen LogP contribution in [-0.4, -0.2) is 63.8 Å². The minimum atomic E-state index is -3.75. The van der Waals surface area contributed by atoms with Gasteiger partial charge in [-0.15, -0.1) is 12.4 Å². The first-order valence-electron chi connectivity index (χ1n) is 6.39. The van der Waals surface area contributed by atoms with Crippen molar-refractivity contribution in [3.8, 4) is 0 Å². The van der Waals surface area contributed by atoms with Gasteiger partial charge in [0.25, 0.3) is 10.0 Å². The fraction of sp³-hybridized carbons (Fsp3) is 0.636. The molecular weight excluding hydrogens is 334 g/mol. The first-order chi connectivity index (χ1) is 9.95. The van der Waals surface area contributed by atoms with Crippen LogP contribution in [0.25, 0.3) is 0 Å². The molecule has 0 fully saturated rings. The Morgan fingerprint density at radius 3 is 2.68 bits per heavy atom. The highest BCUT2D eigenvalue weighted by molar-refractivity contribution is 7.89. The van der Waals surface area contributed by atoms with Gasteiger partial charge in [-0.1, -0.05) is 0 Å². The highest BCUT2D eigenvalue weighted by atomic mass is 35.5. The number of carbonyl (C=O) groups excluding carboxylic acids is 1. The van der Waals surface area contributed by atoms with Crippen LogP contribution >= 0.6 is 12.4 Å². The number of rotatable bonds is 10. The number of methoxy groups -OCH3 is 1. The Morgan fingerprint density at radius 2 is 2.09 bits per heavy atom. The molecule has 0 aliphatic heterocycles. The fourth-order valence-corrected chi connectivity index (χ4v) is 2.37. The largest absolute Gasteiger partial charge is 0.383 e. The topological polar surface area (TPSA) is 114 Å². The molecule has 0 aliphatic rings. The van der Waals surface area contributed by atoms with Crippen LogP contribution in [0.3, 0.4) is 0 Å². The van der Waals surface area contributed by atoms with Gasteiger partial charge in [-0.25, -0.2) is 18.1 Å². The molecule has 0 spiro atoms. The maximum Gasteiger partial charge on any atom is 0.260 e. The standard InChI is InChI=1S/C11H21N5O4S.ClH/c1-16-8-11(14-9-16)21(18,19)15-7-10(17)13-4-3-12-5-6-20-2;/h8-9,12,15H,3-7H2,1-2H3,(H,13,17);1H. The molecule has 0 bridgehead atoms. The monoisotopic (exact) mass is 355 g/mol. The molecule has 0 saturated carbocycles. The third-order valence-electron chi connectivity index (χ3n) is 2.49. The SMILES string of the molecule is COCCNCCNC(=O)CNS(=O)(=O)c1cn(C)cn1.Cl. The number of aromatic nitrogens is 2. The van der Waals surface area contributed by atoms with E-state index in [1.807, 2.05) is 0 Å². The molecule has 9 nitrogen and oxygen atoms in total. The molecule has 3 N–H and O–H groups in total. The average molecular weight is 356 g/mol. The Labute approximate surface area is 136 Å². The molecular formula is C11H22ClN5O4S. The predicted molar refractivity (Wildman–Crippen MR) is 83.4 cm³/mol. The molecule has 22 heavy (non-hydrogen) atoms. The zero-order valence-electron chi connectivity index (χ0n) is 12.5. The van der Waals surface area contributed by atoms with Crippen molar-refractivity contribution in [1.29, 1.82) is 0 Å². The number of hydrogen-bond donors (Lipinski definition) is 3. The van der Waals surface area contributed by atoms with Crippen LogP contribution < -0.4 is 15.4 Å². The minimum absolute atomic E-state index is 0. The van der Waals surface area contributed by atoms with Gasteiger partial charge in [0.15, 0.2) is 5.03 Å². The number of ether oxygens (including phenoxy) is 1. The van der Waals surface area contributed by atoms with E-state index in [1.54, 1.807) is 14.2 Å². The molecule has 1 amide bonds. The van der Waals surface area contributed by atoms with E-state index in [1.165, 1.54) is 17.1 Å². The second kappa shape index (κ2) is 10.5. The second-order valence-corrected chi connectivity index (χ2v) is 6.01. The Bertz CT molecular complexity index is 548. The third kappa shape index (κ3) is 7.71. The van der Waals surface area contributed by atoms with Crippen molar-refractivity contribution in [2.24, 2.45) is 7.05 Å². The molecule has 1 rings (SSSR count). The molecule has 1 aromatic heterocycles. The van der Waals surface area contributed by atoms with Gasteiger partial charge in [0, 0.05) is 40.0 Å². The third-order valence-corrected chi connectivity index (χ3v) is 3.77. The zero-order chi connectivity index (χ0) is 15.7. The maximum atomic E-state index is 11.8. The Kier molecular flexibility index (Phi) is 9.94. The van der Waals surface area contributed by atoms with Gasteiger partial charge >= 0.3 is 0 Å². The predicted octanol–water partition coefficient (Wildman–Crippen LogP) is -1.53. The summed E-state index contributed by atoms with van der Waals surface area (Å²) in [5, 5.41) is 5.53. The molecule has 0 aliphatic carbocycles. The highest BCUT2D eigenvalue weighted by Gasteiger charge is 2.17. The molecule has 0 atom stereocenters. The van der Waals surface area contributed by atoms with Crippen LogP contribution in [0.4, 0.5) is 0 Å². The van der Waals surface area contributed by atoms with E-state index < -0.39 is 15.9 Å². The molecule has 1 aromatic rings. The number of amides is 1. The van der Waals surface area contributed by atoms with Crippen molar-refractivity contribution in [2.45, 2.75) is 5.03 Å². The normalized spacial score (nSPS) is 11.0. The van der Waals surface area contributed by atoms with Gasteiger partial charge < -0.3 is 19.9 Å². The summed E-state index contributed by atoms with van der Waals surface area (Å²) >= 11 is 0. The molecule has 0 radical (unpaired) electrons. The van der Waals surface area contributed by atoms with E-state index in [0.29, 0.717) is 26.2 Å². The lowest BCUT2D eigenvalue weighted by Crippen LogP contribution is -2.40. The number of carbonyl (C=O) groups is 1. The number of hydrogen-bond acceptors (Lipinski definition) is 6. The number of aryl methyl sites for hydroxylation is 1. The molecule has 11 heteroatoms. The summed E-state index contributed by atoms with van der Waals surface area (Å²) in [5.74, 6) is -0.400. The van der Waals surface area contributed by atoms with E-state index in [2.05, 4.69) is 20.3 Å². The smallest absolute Gasteiger partial charge is 0.260 e. The quantitative estimate of drug-likeness (QED) is 0.439. The van der Waals surface area contributed by atoms with Gasteiger partial charge in [-0.3, -0.25) is 4.79 Å². The average Bonchev–Trinajstić information content (AvgIpc) is 2.88. The number of imidazole rings is 1. The van der Waals surface area contributed by atoms with Crippen molar-refractivity contribution in [1.82, 2.24) is 24.9 Å². The molecule has 0 unspecified atom stereocenters. The van der Waals surface area contributed by atoms with Gasteiger partial charge in [-0.2, -0.15) is 0 Å². The first kappa shape index (κ1) is 20.8. The molecule has 0 aromatic carbocycles. The van der Waals surface area contributed by atoms with E-state index in [-0.39, 0.29) is 24.0 Å². The van der Waals surface area contributed by atoms with E-state index in [4.69, 9.17) is 4.74 Å². The van der Waals surface area contributed by atoms with E-state index in [0.717, 1.165) is 0 Å². The summed E-state index contributed by atoms with van der Waals surface area (Å²) in [6.07, 6.45) is 2.74. The summed E-state index contributed by atoms with van der Waals surface area (Å²) in [7, 11) is -0.482. The van der Waals surface area contributed by atoms with Crippen LogP contribution in [0.15, 0.2) is 17.6 Å². The minimum Gasteiger partial charge on any atom is -0.383 e. The maximum absolute atomic E-state index is 11.8. The van der Waals surface area contributed by atoms with Crippen LogP contribution in [0.5, 0.6) is 0 Å². The summed E-state index contributed by atoms with van der Waals surface area (Å²) in [5.41, 5.74) is 0. The van der Waals surface area contributed by atoms with Gasteiger partial charge in [-0.05, 0) is 0 Å². The summed E-state index contributed by atoms with van der Waals surface area (Å²) in [4.78, 5) is 15.2. The molecule has 128 valence electrons. The summed E-state index contributed by atoms with van der Waals surface area (Å²) in [6.45, 7) is 1.96. The van der Waals surface area contributed by atoms with E-state index >= 15 is 0 Å². The van der Waals surface area contributed by atoms with Crippen molar-refractivity contribution in [3.63, 3.8) is 0 Å². The number of nitrogens with zero attached hydrogens (tertiary/aromatic N) is 2. The van der Waals surface area contributed by atoms with Gasteiger partial charge in [0.05, 0.1) is 19.5 Å². The highest BCUT2D eigenvalue weighted by Crippen LogP contribution is 2.02. The Morgan fingerprint density at radius 1 is 1.36 bits per heavy atom. The number of nitrogens with one attached hydrogen (secondary N) is 3. The summed E-state index contributed by atoms with van der Waals surface area (Å²) < 4.78 is 32.2. The zero-order valence-corrected chi connectivity index (χ0v) is 14.2. The lowest BCUT2D eigenvalue weighted by Gasteiger charge is -2.07. The van der Waals surface area contributed by atoms with Gasteiger partial charge in [0.2, 0.25) is 5.91 Å². The van der Waals surface area contributed by atoms with Crippen LogP contribution in [0, 0.1) is 0 Å². The van der Waals surface area contributed by atoms with Crippen molar-refractivity contribution < 1.29 is 17.9 Å². The summed E-state index contributed by atoms with van der Waals surface area (Å²) in [6, 6.07) is 0. The fourth-order valence-electron chi connectivity index (χ4n) is 1.41. The van der Waals surface area contributed by atoms with E-state index in [9.17, 15) is 13.2 Å². The van der Waals surface area contributed by atoms with Gasteiger partial charge in [0.1, 0.15) is 0 Å². The Hall–Kier alpha value is -1.20. The van der Waals surface area contributed by atoms with Crippen LogP contribution in [-0.2, 0) is 26.6 Å². The van der Waals surface area contributed by atoms with Crippen LogP contribution in [0.2, 0.25) is 0 Å². The van der Waals surface area contributed by atoms with Crippen molar-refractivity contribution in [2.75, 3.05) is 39.9 Å². The first-order valence-corrected chi connectivity index (χ1v) is 7.88. The molecule has 1 heterocycles. The van der Waals surface area contributed by atoms with Crippen LogP contribution in [0.1, 0.15) is 0 Å². The van der Waals surface area contributed by atoms with Crippen molar-refractivity contribution >= 4 is 28.3 Å². The molecule has 0 saturated heterocycles. The second-order valence-electron chi connectivity index (χ2n) is 4.29. The number of halogens is 1.